The molecule has 1 amide bonds. The van der Waals surface area contributed by atoms with Crippen molar-refractivity contribution in [2.24, 2.45) is 0 Å². The molecule has 1 unspecified atom stereocenters. The number of thioether (sulfide) groups is 1. The lowest BCUT2D eigenvalue weighted by Gasteiger charge is -2.29. The topological polar surface area (TPSA) is 81.1 Å². The number of fused-ring (bicyclic) bond motifs is 1. The Bertz CT molecular complexity index is 1250. The summed E-state index contributed by atoms with van der Waals surface area (Å²) in [6.07, 6.45) is 3.17. The molecule has 3 aromatic rings. The summed E-state index contributed by atoms with van der Waals surface area (Å²) >= 11 is 1.64. The van der Waals surface area contributed by atoms with Crippen molar-refractivity contribution >= 4 is 29.3 Å². The van der Waals surface area contributed by atoms with E-state index < -0.39 is 6.04 Å². The van der Waals surface area contributed by atoms with Crippen LogP contribution in [0.15, 0.2) is 58.9 Å². The van der Waals surface area contributed by atoms with E-state index in [0.717, 1.165) is 58.8 Å². The fourth-order valence-corrected chi connectivity index (χ4v) is 5.12. The number of anilines is 2. The molecule has 1 aliphatic rings. The summed E-state index contributed by atoms with van der Waals surface area (Å²) in [4.78, 5) is 18.5. The van der Waals surface area contributed by atoms with Gasteiger partial charge in [-0.05, 0) is 62.9 Å². The predicted molar refractivity (Wildman–Crippen MR) is 147 cm³/mol. The van der Waals surface area contributed by atoms with Crippen LogP contribution in [0.3, 0.4) is 0 Å². The summed E-state index contributed by atoms with van der Waals surface area (Å²) in [6, 6.07) is 13.5. The van der Waals surface area contributed by atoms with E-state index in [1.165, 1.54) is 0 Å². The molecule has 7 nitrogen and oxygen atoms in total. The molecule has 4 rings (SSSR count). The second-order valence-corrected chi connectivity index (χ2v) is 10.2. The fourth-order valence-electron chi connectivity index (χ4n) is 4.21. The third kappa shape index (κ3) is 5.75. The van der Waals surface area contributed by atoms with E-state index in [2.05, 4.69) is 30.5 Å². The minimum atomic E-state index is -0.416. The van der Waals surface area contributed by atoms with Gasteiger partial charge in [0.2, 0.25) is 11.1 Å². The van der Waals surface area contributed by atoms with Crippen LogP contribution in [-0.4, -0.2) is 33.0 Å². The van der Waals surface area contributed by atoms with Gasteiger partial charge in [-0.2, -0.15) is 4.98 Å². The van der Waals surface area contributed by atoms with Gasteiger partial charge < -0.3 is 15.4 Å². The molecule has 0 radical (unpaired) electrons. The average molecular weight is 506 g/mol. The Morgan fingerprint density at radius 2 is 1.89 bits per heavy atom. The number of rotatable bonds is 10. The Balaban J connectivity index is 1.70. The maximum atomic E-state index is 13.7. The van der Waals surface area contributed by atoms with E-state index in [1.807, 2.05) is 61.9 Å². The molecular formula is C28H35N5O2S. The summed E-state index contributed by atoms with van der Waals surface area (Å²) in [7, 11) is 0. The maximum Gasteiger partial charge on any atom is 0.255 e. The minimum absolute atomic E-state index is 0.162. The van der Waals surface area contributed by atoms with E-state index >= 15 is 0 Å². The Kier molecular flexibility index (Phi) is 8.36. The molecule has 2 aromatic carbocycles. The zero-order valence-corrected chi connectivity index (χ0v) is 22.5. The van der Waals surface area contributed by atoms with Crippen LogP contribution in [-0.2, 0) is 4.79 Å². The van der Waals surface area contributed by atoms with Gasteiger partial charge in [-0.3, -0.25) is 4.79 Å². The van der Waals surface area contributed by atoms with Crippen molar-refractivity contribution in [2.45, 2.75) is 65.1 Å². The molecule has 0 spiro atoms. The van der Waals surface area contributed by atoms with Crippen molar-refractivity contribution in [2.75, 3.05) is 23.0 Å². The number of nitrogens with zero attached hydrogens (tertiary/aromatic N) is 3. The van der Waals surface area contributed by atoms with Gasteiger partial charge in [0.25, 0.3) is 5.91 Å². The van der Waals surface area contributed by atoms with Gasteiger partial charge in [-0.1, -0.05) is 61.9 Å². The number of hydrogen-bond acceptors (Lipinski definition) is 6. The number of hydrogen-bond donors (Lipinski definition) is 2. The molecule has 0 saturated heterocycles. The number of benzene rings is 2. The lowest BCUT2D eigenvalue weighted by molar-refractivity contribution is -0.113. The van der Waals surface area contributed by atoms with Crippen LogP contribution in [0.1, 0.15) is 62.8 Å². The average Bonchev–Trinajstić information content (AvgIpc) is 3.26. The summed E-state index contributed by atoms with van der Waals surface area (Å²) < 4.78 is 7.61. The molecular weight excluding hydrogens is 470 g/mol. The van der Waals surface area contributed by atoms with Crippen LogP contribution in [0.25, 0.3) is 0 Å². The van der Waals surface area contributed by atoms with Crippen molar-refractivity contribution in [3.05, 3.63) is 70.4 Å². The number of nitrogens with one attached hydrogen (secondary N) is 2. The summed E-state index contributed by atoms with van der Waals surface area (Å²) in [5, 5.41) is 12.0. The number of aromatic nitrogens is 3. The lowest BCUT2D eigenvalue weighted by Crippen LogP contribution is -2.31. The molecule has 2 N–H and O–H groups in total. The number of carbonyl (C=O) groups excluding carboxylic acids is 1. The standard InChI is InChI=1S/C28H35N5O2S/c1-6-8-16-36-28-31-27-29-20(5)24(26(34)30-23-14-9-18(3)17-19(23)4)25(33(27)32-28)21-10-12-22(13-11-21)35-15-7-2/h9-14,17,25H,6-8,15-16H2,1-5H3,(H,30,34)(H,29,31,32). The second-order valence-electron chi connectivity index (χ2n) is 9.12. The van der Waals surface area contributed by atoms with Crippen LogP contribution in [0.2, 0.25) is 0 Å². The van der Waals surface area contributed by atoms with Crippen LogP contribution in [0.5, 0.6) is 5.75 Å². The van der Waals surface area contributed by atoms with Crippen LogP contribution in [0.4, 0.5) is 11.6 Å². The number of allylic oxidation sites excluding steroid dienone is 1. The Morgan fingerprint density at radius 1 is 1.11 bits per heavy atom. The van der Waals surface area contributed by atoms with Crippen molar-refractivity contribution in [1.29, 1.82) is 0 Å². The lowest BCUT2D eigenvalue weighted by atomic mass is 9.94. The number of aryl methyl sites for hydroxylation is 2. The van der Waals surface area contributed by atoms with Gasteiger partial charge in [-0.25, -0.2) is 4.68 Å². The van der Waals surface area contributed by atoms with Gasteiger partial charge in [0.15, 0.2) is 0 Å². The summed E-state index contributed by atoms with van der Waals surface area (Å²) in [5.41, 5.74) is 5.30. The molecule has 0 bridgehead atoms. The van der Waals surface area contributed by atoms with Gasteiger partial charge in [-0.15, -0.1) is 5.10 Å². The first-order valence-corrected chi connectivity index (χ1v) is 13.6. The van der Waals surface area contributed by atoms with Crippen LogP contribution >= 0.6 is 11.8 Å². The molecule has 0 saturated carbocycles. The molecule has 1 aromatic heterocycles. The molecule has 1 aliphatic heterocycles. The van der Waals surface area contributed by atoms with Crippen molar-refractivity contribution in [3.8, 4) is 5.75 Å². The maximum absolute atomic E-state index is 13.7. The number of amides is 1. The number of unbranched alkanes of at least 4 members (excludes halogenated alkanes) is 1. The summed E-state index contributed by atoms with van der Waals surface area (Å²) in [6.45, 7) is 10.9. The monoisotopic (exact) mass is 505 g/mol. The van der Waals surface area contributed by atoms with E-state index in [0.29, 0.717) is 23.3 Å². The number of carbonyl (C=O) groups is 1. The first kappa shape index (κ1) is 25.8. The van der Waals surface area contributed by atoms with Crippen molar-refractivity contribution in [1.82, 2.24) is 14.8 Å². The molecule has 0 fully saturated rings. The first-order valence-electron chi connectivity index (χ1n) is 12.6. The smallest absolute Gasteiger partial charge is 0.255 e. The van der Waals surface area contributed by atoms with Gasteiger partial charge in [0, 0.05) is 17.1 Å². The van der Waals surface area contributed by atoms with Crippen LogP contribution in [0, 0.1) is 13.8 Å². The van der Waals surface area contributed by atoms with E-state index in [-0.39, 0.29) is 5.91 Å². The molecule has 8 heteroatoms. The SMILES string of the molecule is CCCCSc1nc2n(n1)C(c1ccc(OCCC)cc1)C(C(=O)Nc1ccc(C)cc1C)=C(C)N2. The first-order chi connectivity index (χ1) is 17.4. The van der Waals surface area contributed by atoms with E-state index in [9.17, 15) is 4.79 Å². The molecule has 2 heterocycles. The third-order valence-electron chi connectivity index (χ3n) is 6.11. The Morgan fingerprint density at radius 3 is 2.58 bits per heavy atom. The highest BCUT2D eigenvalue weighted by atomic mass is 32.2. The van der Waals surface area contributed by atoms with Crippen molar-refractivity contribution in [3.63, 3.8) is 0 Å². The zero-order valence-electron chi connectivity index (χ0n) is 21.7. The second kappa shape index (κ2) is 11.6. The van der Waals surface area contributed by atoms with Gasteiger partial charge in [0.1, 0.15) is 11.8 Å². The minimum Gasteiger partial charge on any atom is -0.494 e. The highest BCUT2D eigenvalue weighted by Gasteiger charge is 2.34. The number of ether oxygens (including phenoxy) is 1. The highest BCUT2D eigenvalue weighted by molar-refractivity contribution is 7.99. The zero-order chi connectivity index (χ0) is 25.7. The fraction of sp³-hybridized carbons (Fsp3) is 0.393. The normalized spacial score (nSPS) is 14.9. The highest BCUT2D eigenvalue weighted by Crippen LogP contribution is 2.37. The third-order valence-corrected chi connectivity index (χ3v) is 7.03. The Hall–Kier alpha value is -3.26. The quantitative estimate of drug-likeness (QED) is 0.242. The molecule has 1 atom stereocenters. The predicted octanol–water partition coefficient (Wildman–Crippen LogP) is 6.50. The molecule has 0 aliphatic carbocycles. The van der Waals surface area contributed by atoms with Crippen molar-refractivity contribution < 1.29 is 9.53 Å². The van der Waals surface area contributed by atoms with E-state index in [4.69, 9.17) is 14.8 Å². The van der Waals surface area contributed by atoms with E-state index in [1.54, 1.807) is 11.8 Å². The van der Waals surface area contributed by atoms with Gasteiger partial charge >= 0.3 is 0 Å². The molecule has 190 valence electrons. The largest absolute Gasteiger partial charge is 0.494 e. The summed E-state index contributed by atoms with van der Waals surface area (Å²) in [5.74, 6) is 2.25. The molecule has 36 heavy (non-hydrogen) atoms. The van der Waals surface area contributed by atoms with Gasteiger partial charge in [0.05, 0.1) is 12.2 Å². The van der Waals surface area contributed by atoms with Crippen LogP contribution < -0.4 is 15.4 Å². The Labute approximate surface area is 217 Å².